The summed E-state index contributed by atoms with van der Waals surface area (Å²) in [6.45, 7) is 6.05. The van der Waals surface area contributed by atoms with E-state index in [1.807, 2.05) is 20.8 Å². The maximum Gasteiger partial charge on any atom is 0.263 e. The summed E-state index contributed by atoms with van der Waals surface area (Å²) < 4.78 is 6.39. The summed E-state index contributed by atoms with van der Waals surface area (Å²) in [6, 6.07) is -0.672. The molecule has 0 aromatic carbocycles. The summed E-state index contributed by atoms with van der Waals surface area (Å²) in [5, 5.41) is 12.2. The second-order valence-electron chi connectivity index (χ2n) is 5.77. The lowest BCUT2D eigenvalue weighted by atomic mass is 10.2. The van der Waals surface area contributed by atoms with Gasteiger partial charge in [-0.05, 0) is 25.8 Å². The van der Waals surface area contributed by atoms with E-state index in [2.05, 4.69) is 20.5 Å². The van der Waals surface area contributed by atoms with Crippen molar-refractivity contribution >= 4 is 43.9 Å². The molecule has 3 aromatic rings. The van der Waals surface area contributed by atoms with E-state index < -0.39 is 6.04 Å². The molecule has 0 saturated carbocycles. The maximum absolute atomic E-state index is 12.9. The van der Waals surface area contributed by atoms with Crippen LogP contribution in [-0.4, -0.2) is 32.8 Å². The number of rotatable bonds is 6. The topological polar surface area (TPSA) is 99.0 Å². The first-order chi connectivity index (χ1) is 12.5. The molecule has 1 atom stereocenters. The third-order valence-corrected chi connectivity index (χ3v) is 6.03. The van der Waals surface area contributed by atoms with Gasteiger partial charge in [0.05, 0.1) is 11.7 Å². The normalized spacial score (nSPS) is 12.5. The van der Waals surface area contributed by atoms with E-state index in [0.29, 0.717) is 33.4 Å². The Kier molecular flexibility index (Phi) is 5.44. The van der Waals surface area contributed by atoms with E-state index in [0.717, 1.165) is 10.4 Å². The minimum absolute atomic E-state index is 0.198. The van der Waals surface area contributed by atoms with Gasteiger partial charge in [-0.3, -0.25) is 19.5 Å². The number of nitrogens with one attached hydrogen (secondary N) is 1. The molecule has 10 heteroatoms. The fraction of sp³-hybridized carbons (Fsp3) is 0.438. The first-order valence-electron chi connectivity index (χ1n) is 8.05. The van der Waals surface area contributed by atoms with Crippen molar-refractivity contribution in [3.05, 3.63) is 32.1 Å². The lowest BCUT2D eigenvalue weighted by molar-refractivity contribution is -0.119. The number of methoxy groups -OCH3 is 1. The van der Waals surface area contributed by atoms with E-state index in [1.165, 1.54) is 33.6 Å². The van der Waals surface area contributed by atoms with Crippen molar-refractivity contribution in [3.63, 3.8) is 0 Å². The molecule has 1 N–H and O–H groups in total. The summed E-state index contributed by atoms with van der Waals surface area (Å²) in [5.74, 6) is -0.319. The zero-order valence-corrected chi connectivity index (χ0v) is 16.5. The van der Waals surface area contributed by atoms with Crippen molar-refractivity contribution in [2.24, 2.45) is 0 Å². The van der Waals surface area contributed by atoms with Crippen LogP contribution in [0.3, 0.4) is 0 Å². The zero-order chi connectivity index (χ0) is 18.8. The number of aryl methyl sites for hydroxylation is 2. The number of ether oxygens (including phenoxy) is 1. The minimum atomic E-state index is -0.672. The van der Waals surface area contributed by atoms with Crippen LogP contribution in [0.4, 0.5) is 5.13 Å². The smallest absolute Gasteiger partial charge is 0.263 e. The van der Waals surface area contributed by atoms with Crippen LogP contribution >= 0.6 is 22.7 Å². The average molecular weight is 393 g/mol. The molecule has 3 heterocycles. The summed E-state index contributed by atoms with van der Waals surface area (Å²) in [4.78, 5) is 31.7. The molecule has 26 heavy (non-hydrogen) atoms. The quantitative estimate of drug-likeness (QED) is 0.691. The highest BCUT2D eigenvalue weighted by molar-refractivity contribution is 7.18. The van der Waals surface area contributed by atoms with Crippen LogP contribution < -0.4 is 10.9 Å². The third kappa shape index (κ3) is 3.39. The molecule has 0 saturated heterocycles. The number of thiophene rings is 1. The van der Waals surface area contributed by atoms with Gasteiger partial charge in [-0.2, -0.15) is 0 Å². The predicted molar refractivity (Wildman–Crippen MR) is 102 cm³/mol. The molecule has 0 bridgehead atoms. The Bertz CT molecular complexity index is 1010. The standard InChI is InChI=1S/C16H19N5O3S2/c1-5-10(13(22)18-16-20-19-11(26-16)6-24-4)21-7-17-14-12(15(21)23)8(2)9(3)25-14/h7,10H,5-6H2,1-4H3,(H,18,20,22). The number of aromatic nitrogens is 4. The fourth-order valence-corrected chi connectivity index (χ4v) is 4.36. The third-order valence-electron chi connectivity index (χ3n) is 4.10. The highest BCUT2D eigenvalue weighted by Crippen LogP contribution is 2.26. The van der Waals surface area contributed by atoms with Gasteiger partial charge in [0.25, 0.3) is 5.56 Å². The lowest BCUT2D eigenvalue weighted by Gasteiger charge is -2.16. The van der Waals surface area contributed by atoms with Crippen molar-refractivity contribution in [2.45, 2.75) is 39.8 Å². The van der Waals surface area contributed by atoms with Crippen molar-refractivity contribution in [3.8, 4) is 0 Å². The number of nitrogens with zero attached hydrogens (tertiary/aromatic N) is 4. The SMILES string of the molecule is CCC(C(=O)Nc1nnc(COC)s1)n1cnc2sc(C)c(C)c2c1=O. The molecule has 0 radical (unpaired) electrons. The highest BCUT2D eigenvalue weighted by atomic mass is 32.1. The molecule has 0 spiro atoms. The summed E-state index contributed by atoms with van der Waals surface area (Å²) >= 11 is 2.73. The van der Waals surface area contributed by atoms with E-state index >= 15 is 0 Å². The lowest BCUT2D eigenvalue weighted by Crippen LogP contribution is -2.33. The second kappa shape index (κ2) is 7.60. The van der Waals surface area contributed by atoms with Crippen molar-refractivity contribution < 1.29 is 9.53 Å². The van der Waals surface area contributed by atoms with Gasteiger partial charge in [0.1, 0.15) is 22.5 Å². The molecule has 0 aliphatic carbocycles. The van der Waals surface area contributed by atoms with Gasteiger partial charge in [-0.15, -0.1) is 21.5 Å². The fourth-order valence-electron chi connectivity index (χ4n) is 2.65. The summed E-state index contributed by atoms with van der Waals surface area (Å²) in [5.41, 5.74) is 0.719. The number of amides is 1. The van der Waals surface area contributed by atoms with E-state index in [-0.39, 0.29) is 11.5 Å². The molecule has 8 nitrogen and oxygen atoms in total. The Labute approximate surface area is 157 Å². The predicted octanol–water partition coefficient (Wildman–Crippen LogP) is 2.66. The van der Waals surface area contributed by atoms with Crippen LogP contribution in [0.2, 0.25) is 0 Å². The van der Waals surface area contributed by atoms with Gasteiger partial charge in [0.2, 0.25) is 11.0 Å². The number of anilines is 1. The van der Waals surface area contributed by atoms with Crippen LogP contribution in [0, 0.1) is 13.8 Å². The molecule has 1 unspecified atom stereocenters. The van der Waals surface area contributed by atoms with Gasteiger partial charge in [0.15, 0.2) is 0 Å². The number of fused-ring (bicyclic) bond motifs is 1. The maximum atomic E-state index is 12.9. The van der Waals surface area contributed by atoms with Crippen LogP contribution in [0.25, 0.3) is 10.2 Å². The van der Waals surface area contributed by atoms with E-state index in [9.17, 15) is 9.59 Å². The molecule has 0 fully saturated rings. The van der Waals surface area contributed by atoms with Crippen molar-refractivity contribution in [1.82, 2.24) is 19.7 Å². The average Bonchev–Trinajstić information content (AvgIpc) is 3.15. The molecular formula is C16H19N5O3S2. The molecule has 0 aliphatic rings. The minimum Gasteiger partial charge on any atom is -0.377 e. The van der Waals surface area contributed by atoms with Gasteiger partial charge < -0.3 is 4.74 Å². The number of hydrogen-bond donors (Lipinski definition) is 1. The number of carbonyl (C=O) groups is 1. The Morgan fingerprint density at radius 1 is 1.35 bits per heavy atom. The molecule has 1 amide bonds. The first kappa shape index (κ1) is 18.6. The molecule has 3 rings (SSSR count). The van der Waals surface area contributed by atoms with Crippen LogP contribution in [0.5, 0.6) is 0 Å². The largest absolute Gasteiger partial charge is 0.377 e. The van der Waals surface area contributed by atoms with Gasteiger partial charge in [-0.1, -0.05) is 18.3 Å². The van der Waals surface area contributed by atoms with Crippen LogP contribution in [0.15, 0.2) is 11.1 Å². The molecule has 0 aliphatic heterocycles. The van der Waals surface area contributed by atoms with Crippen LogP contribution in [0.1, 0.15) is 34.8 Å². The first-order valence-corrected chi connectivity index (χ1v) is 9.68. The van der Waals surface area contributed by atoms with Crippen molar-refractivity contribution in [2.75, 3.05) is 12.4 Å². The molecule has 138 valence electrons. The van der Waals surface area contributed by atoms with Gasteiger partial charge in [0, 0.05) is 12.0 Å². The Morgan fingerprint density at radius 3 is 2.81 bits per heavy atom. The molecular weight excluding hydrogens is 374 g/mol. The Hall–Kier alpha value is -2.17. The van der Waals surface area contributed by atoms with Crippen molar-refractivity contribution in [1.29, 1.82) is 0 Å². The Morgan fingerprint density at radius 2 is 2.12 bits per heavy atom. The highest BCUT2D eigenvalue weighted by Gasteiger charge is 2.23. The van der Waals surface area contributed by atoms with E-state index in [4.69, 9.17) is 4.74 Å². The zero-order valence-electron chi connectivity index (χ0n) is 14.9. The van der Waals surface area contributed by atoms with Gasteiger partial charge in [-0.25, -0.2) is 4.98 Å². The number of carbonyl (C=O) groups excluding carboxylic acids is 1. The summed E-state index contributed by atoms with van der Waals surface area (Å²) in [6.07, 6.45) is 1.90. The Balaban J connectivity index is 1.91. The molecule has 3 aromatic heterocycles. The second-order valence-corrected chi connectivity index (χ2v) is 8.03. The monoisotopic (exact) mass is 393 g/mol. The van der Waals surface area contributed by atoms with E-state index in [1.54, 1.807) is 7.11 Å². The van der Waals surface area contributed by atoms with Gasteiger partial charge >= 0.3 is 0 Å². The number of hydrogen-bond acceptors (Lipinski definition) is 8. The summed E-state index contributed by atoms with van der Waals surface area (Å²) in [7, 11) is 1.57. The van der Waals surface area contributed by atoms with Crippen LogP contribution in [-0.2, 0) is 16.1 Å².